The molecule has 1 aliphatic rings. The van der Waals surface area contributed by atoms with Crippen molar-refractivity contribution in [3.63, 3.8) is 0 Å². The molecule has 0 radical (unpaired) electrons. The first-order valence-electron chi connectivity index (χ1n) is 6.93. The Bertz CT molecular complexity index is 382. The number of nitrogens with zero attached hydrogens (tertiary/aromatic N) is 3. The van der Waals surface area contributed by atoms with Crippen molar-refractivity contribution < 1.29 is 4.52 Å². The van der Waals surface area contributed by atoms with Crippen LogP contribution in [0.2, 0.25) is 0 Å². The summed E-state index contributed by atoms with van der Waals surface area (Å²) in [4.78, 5) is 6.40. The van der Waals surface area contributed by atoms with Crippen molar-refractivity contribution in [2.24, 2.45) is 11.7 Å². The van der Waals surface area contributed by atoms with Crippen LogP contribution in [0, 0.1) is 5.92 Å². The van der Waals surface area contributed by atoms with Gasteiger partial charge in [-0.15, -0.1) is 0 Å². The van der Waals surface area contributed by atoms with Gasteiger partial charge in [0.1, 0.15) is 0 Å². The van der Waals surface area contributed by atoms with Crippen molar-refractivity contribution in [1.82, 2.24) is 10.1 Å². The second-order valence-corrected chi connectivity index (χ2v) is 5.42. The van der Waals surface area contributed by atoms with E-state index in [0.717, 1.165) is 38.1 Å². The molecule has 18 heavy (non-hydrogen) atoms. The van der Waals surface area contributed by atoms with Gasteiger partial charge in [0.05, 0.1) is 5.54 Å². The van der Waals surface area contributed by atoms with E-state index < -0.39 is 5.54 Å². The van der Waals surface area contributed by atoms with Crippen molar-refractivity contribution in [2.45, 2.75) is 51.5 Å². The highest BCUT2D eigenvalue weighted by molar-refractivity contribution is 5.26. The van der Waals surface area contributed by atoms with Gasteiger partial charge >= 0.3 is 0 Å². The molecule has 2 rings (SSSR count). The fraction of sp³-hybridized carbons (Fsp3) is 0.846. The lowest BCUT2D eigenvalue weighted by Crippen LogP contribution is -2.40. The molecule has 0 saturated heterocycles. The monoisotopic (exact) mass is 252 g/mol. The van der Waals surface area contributed by atoms with E-state index in [2.05, 4.69) is 24.0 Å². The molecule has 1 aromatic rings. The average molecular weight is 252 g/mol. The van der Waals surface area contributed by atoms with Crippen LogP contribution in [-0.2, 0) is 5.54 Å². The molecule has 0 amide bonds. The molecule has 5 heteroatoms. The van der Waals surface area contributed by atoms with Crippen LogP contribution in [0.1, 0.15) is 51.8 Å². The molecule has 1 heterocycles. The van der Waals surface area contributed by atoms with Gasteiger partial charge in [-0.2, -0.15) is 4.98 Å². The topological polar surface area (TPSA) is 68.2 Å². The molecule has 1 fully saturated rings. The summed E-state index contributed by atoms with van der Waals surface area (Å²) < 4.78 is 5.37. The van der Waals surface area contributed by atoms with E-state index in [1.807, 2.05) is 11.9 Å². The van der Waals surface area contributed by atoms with E-state index in [9.17, 15) is 0 Å². The summed E-state index contributed by atoms with van der Waals surface area (Å²) in [6, 6.07) is 0. The van der Waals surface area contributed by atoms with Gasteiger partial charge in [0.2, 0.25) is 5.89 Å². The van der Waals surface area contributed by atoms with Crippen LogP contribution in [0.3, 0.4) is 0 Å². The molecule has 0 aliphatic heterocycles. The van der Waals surface area contributed by atoms with E-state index in [4.69, 9.17) is 10.3 Å². The van der Waals surface area contributed by atoms with E-state index in [1.165, 1.54) is 6.42 Å². The van der Waals surface area contributed by atoms with Gasteiger partial charge in [0.25, 0.3) is 5.95 Å². The zero-order valence-electron chi connectivity index (χ0n) is 11.6. The van der Waals surface area contributed by atoms with Gasteiger partial charge in [0.15, 0.2) is 0 Å². The molecular formula is C13H24N4O. The first-order valence-corrected chi connectivity index (χ1v) is 6.93. The average Bonchev–Trinajstić information content (AvgIpc) is 2.89. The quantitative estimate of drug-likeness (QED) is 0.890. The second kappa shape index (κ2) is 5.26. The molecule has 102 valence electrons. The van der Waals surface area contributed by atoms with Crippen molar-refractivity contribution in [2.75, 3.05) is 18.5 Å². The Labute approximate surface area is 109 Å². The van der Waals surface area contributed by atoms with Gasteiger partial charge in [-0.1, -0.05) is 13.3 Å². The molecule has 2 N–H and O–H groups in total. The standard InChI is InChI=1S/C13H24N4O/c1-4-10-6-8-13(14,9-7-10)11-15-12(16-18-11)17(3)5-2/h10H,4-9,14H2,1-3H3. The fourth-order valence-corrected chi connectivity index (χ4v) is 2.53. The van der Waals surface area contributed by atoms with E-state index >= 15 is 0 Å². The van der Waals surface area contributed by atoms with E-state index in [0.29, 0.717) is 11.8 Å². The minimum Gasteiger partial charge on any atom is -0.342 e. The smallest absolute Gasteiger partial charge is 0.265 e. The maximum absolute atomic E-state index is 6.44. The third kappa shape index (κ3) is 2.51. The van der Waals surface area contributed by atoms with Crippen LogP contribution in [0.15, 0.2) is 4.52 Å². The molecule has 0 aromatic carbocycles. The van der Waals surface area contributed by atoms with E-state index in [1.54, 1.807) is 0 Å². The highest BCUT2D eigenvalue weighted by Crippen LogP contribution is 2.38. The maximum Gasteiger partial charge on any atom is 0.265 e. The number of hydrogen-bond acceptors (Lipinski definition) is 5. The normalized spacial score (nSPS) is 28.3. The molecule has 1 aliphatic carbocycles. The lowest BCUT2D eigenvalue weighted by atomic mass is 9.76. The molecule has 0 spiro atoms. The lowest BCUT2D eigenvalue weighted by Gasteiger charge is -2.33. The van der Waals surface area contributed by atoms with Crippen molar-refractivity contribution in [3.05, 3.63) is 5.89 Å². The Balaban J connectivity index is 2.09. The molecule has 0 bridgehead atoms. The Morgan fingerprint density at radius 3 is 2.61 bits per heavy atom. The number of nitrogens with two attached hydrogens (primary N) is 1. The highest BCUT2D eigenvalue weighted by Gasteiger charge is 2.37. The predicted octanol–water partition coefficient (Wildman–Crippen LogP) is 2.28. The predicted molar refractivity (Wildman–Crippen MR) is 71.4 cm³/mol. The largest absolute Gasteiger partial charge is 0.342 e. The summed E-state index contributed by atoms with van der Waals surface area (Å²) in [6.07, 6.45) is 5.46. The fourth-order valence-electron chi connectivity index (χ4n) is 2.53. The zero-order valence-corrected chi connectivity index (χ0v) is 11.6. The van der Waals surface area contributed by atoms with Crippen LogP contribution in [0.5, 0.6) is 0 Å². The summed E-state index contributed by atoms with van der Waals surface area (Å²) in [5, 5.41) is 4.01. The second-order valence-electron chi connectivity index (χ2n) is 5.42. The van der Waals surface area contributed by atoms with Crippen LogP contribution in [0.25, 0.3) is 0 Å². The lowest BCUT2D eigenvalue weighted by molar-refractivity contribution is 0.181. The highest BCUT2D eigenvalue weighted by atomic mass is 16.5. The SMILES string of the molecule is CCC1CCC(N)(c2nc(N(C)CC)no2)CC1. The van der Waals surface area contributed by atoms with Crippen LogP contribution in [-0.4, -0.2) is 23.7 Å². The van der Waals surface area contributed by atoms with E-state index in [-0.39, 0.29) is 0 Å². The zero-order chi connectivity index (χ0) is 13.2. The summed E-state index contributed by atoms with van der Waals surface area (Å²) in [5.74, 6) is 2.05. The molecule has 5 nitrogen and oxygen atoms in total. The Kier molecular flexibility index (Phi) is 3.90. The number of anilines is 1. The summed E-state index contributed by atoms with van der Waals surface area (Å²) >= 11 is 0. The number of aromatic nitrogens is 2. The number of rotatable bonds is 4. The van der Waals surface area contributed by atoms with Gasteiger partial charge in [0, 0.05) is 13.6 Å². The maximum atomic E-state index is 6.44. The minimum absolute atomic E-state index is 0.411. The Morgan fingerprint density at radius 2 is 2.06 bits per heavy atom. The van der Waals surface area contributed by atoms with Crippen LogP contribution >= 0.6 is 0 Å². The molecule has 1 aromatic heterocycles. The van der Waals surface area contributed by atoms with Crippen molar-refractivity contribution in [3.8, 4) is 0 Å². The third-order valence-corrected chi connectivity index (χ3v) is 4.23. The number of hydrogen-bond donors (Lipinski definition) is 1. The van der Waals surface area contributed by atoms with Gasteiger partial charge in [-0.25, -0.2) is 0 Å². The van der Waals surface area contributed by atoms with Crippen LogP contribution in [0.4, 0.5) is 5.95 Å². The summed E-state index contributed by atoms with van der Waals surface area (Å²) in [7, 11) is 1.95. The Morgan fingerprint density at radius 1 is 1.39 bits per heavy atom. The summed E-state index contributed by atoms with van der Waals surface area (Å²) in [6.45, 7) is 5.16. The van der Waals surface area contributed by atoms with Gasteiger partial charge < -0.3 is 15.2 Å². The third-order valence-electron chi connectivity index (χ3n) is 4.23. The van der Waals surface area contributed by atoms with Gasteiger partial charge in [-0.05, 0) is 43.7 Å². The molecular weight excluding hydrogens is 228 g/mol. The molecule has 1 saturated carbocycles. The van der Waals surface area contributed by atoms with Crippen LogP contribution < -0.4 is 10.6 Å². The van der Waals surface area contributed by atoms with Gasteiger partial charge in [-0.3, -0.25) is 0 Å². The Hall–Kier alpha value is -1.10. The molecule has 0 unspecified atom stereocenters. The van der Waals surface area contributed by atoms with Crippen molar-refractivity contribution in [1.29, 1.82) is 0 Å². The molecule has 0 atom stereocenters. The van der Waals surface area contributed by atoms with Crippen molar-refractivity contribution >= 4 is 5.95 Å². The first kappa shape index (κ1) is 13.3. The minimum atomic E-state index is -0.411. The summed E-state index contributed by atoms with van der Waals surface area (Å²) in [5.41, 5.74) is 6.03. The first-order chi connectivity index (χ1) is 8.59.